The van der Waals surface area contributed by atoms with E-state index in [9.17, 15) is 13.2 Å². The summed E-state index contributed by atoms with van der Waals surface area (Å²) in [5.74, 6) is -0.214. The Morgan fingerprint density at radius 2 is 1.73 bits per heavy atom. The molecule has 1 amide bonds. The summed E-state index contributed by atoms with van der Waals surface area (Å²) in [6.45, 7) is 1.13. The summed E-state index contributed by atoms with van der Waals surface area (Å²) in [7, 11) is -3.50. The third-order valence-electron chi connectivity index (χ3n) is 5.29. The van der Waals surface area contributed by atoms with Gasteiger partial charge in [0.2, 0.25) is 15.9 Å². The molecule has 3 aromatic rings. The summed E-state index contributed by atoms with van der Waals surface area (Å²) >= 11 is 0. The van der Waals surface area contributed by atoms with Gasteiger partial charge in [0, 0.05) is 25.6 Å². The molecule has 1 N–H and O–H groups in total. The van der Waals surface area contributed by atoms with Gasteiger partial charge in [0.05, 0.1) is 10.6 Å². The van der Waals surface area contributed by atoms with Crippen LogP contribution in [0.3, 0.4) is 0 Å². The van der Waals surface area contributed by atoms with Crippen molar-refractivity contribution in [2.45, 2.75) is 24.3 Å². The Hall–Kier alpha value is -3.04. The van der Waals surface area contributed by atoms with E-state index in [2.05, 4.69) is 15.4 Å². The molecule has 0 atom stereocenters. The van der Waals surface area contributed by atoms with Crippen LogP contribution in [0.25, 0.3) is 5.69 Å². The molecule has 2 aromatic carbocycles. The van der Waals surface area contributed by atoms with Crippen molar-refractivity contribution in [1.82, 2.24) is 24.4 Å². The highest BCUT2D eigenvalue weighted by atomic mass is 32.2. The van der Waals surface area contributed by atoms with Crippen LogP contribution in [0, 0.1) is 5.92 Å². The zero-order valence-corrected chi connectivity index (χ0v) is 17.2. The molecule has 0 unspecified atom stereocenters. The smallest absolute Gasteiger partial charge is 0.243 e. The molecule has 1 aliphatic rings. The third-order valence-corrected chi connectivity index (χ3v) is 7.20. The molecule has 0 bridgehead atoms. The largest absolute Gasteiger partial charge is 0.352 e. The van der Waals surface area contributed by atoms with Crippen LogP contribution < -0.4 is 5.32 Å². The molecule has 0 radical (unpaired) electrons. The minimum atomic E-state index is -3.50. The standard InChI is InChI=1S/C21H23N5O3S/c27-21(23-14-17-6-8-19(9-7-17)26-16-22-15-24-26)18-10-12-25(13-11-18)30(28,29)20-4-2-1-3-5-20/h1-9,15-16,18H,10-14H2,(H,23,27). The van der Waals surface area contributed by atoms with Crippen molar-refractivity contribution in [2.75, 3.05) is 13.1 Å². The van der Waals surface area contributed by atoms with Gasteiger partial charge in [-0.1, -0.05) is 30.3 Å². The van der Waals surface area contributed by atoms with Crippen LogP contribution in [0.5, 0.6) is 0 Å². The van der Waals surface area contributed by atoms with Crippen molar-refractivity contribution in [3.8, 4) is 5.69 Å². The molecule has 156 valence electrons. The van der Waals surface area contributed by atoms with Gasteiger partial charge in [0.15, 0.2) is 0 Å². The maximum atomic E-state index is 12.7. The number of carbonyl (C=O) groups excluding carboxylic acids is 1. The number of aromatic nitrogens is 3. The van der Waals surface area contributed by atoms with Gasteiger partial charge in [-0.25, -0.2) is 18.1 Å². The summed E-state index contributed by atoms with van der Waals surface area (Å²) in [5.41, 5.74) is 1.88. The fourth-order valence-electron chi connectivity index (χ4n) is 3.54. The molecule has 0 spiro atoms. The van der Waals surface area contributed by atoms with Crippen LogP contribution in [0.1, 0.15) is 18.4 Å². The molecule has 9 heteroatoms. The summed E-state index contributed by atoms with van der Waals surface area (Å²) in [6.07, 6.45) is 4.14. The van der Waals surface area contributed by atoms with E-state index in [1.807, 2.05) is 24.3 Å². The predicted octanol–water partition coefficient (Wildman–Crippen LogP) is 1.98. The van der Waals surface area contributed by atoms with Crippen LogP contribution in [0.2, 0.25) is 0 Å². The lowest BCUT2D eigenvalue weighted by molar-refractivity contribution is -0.126. The highest BCUT2D eigenvalue weighted by Crippen LogP contribution is 2.24. The quantitative estimate of drug-likeness (QED) is 0.651. The third kappa shape index (κ3) is 4.42. The van der Waals surface area contributed by atoms with Crippen LogP contribution >= 0.6 is 0 Å². The number of carbonyl (C=O) groups is 1. The van der Waals surface area contributed by atoms with Crippen LogP contribution in [0.15, 0.2) is 72.1 Å². The van der Waals surface area contributed by atoms with E-state index in [0.717, 1.165) is 11.3 Å². The molecule has 1 saturated heterocycles. The zero-order valence-electron chi connectivity index (χ0n) is 16.4. The summed E-state index contributed by atoms with van der Waals surface area (Å²) in [4.78, 5) is 16.8. The number of sulfonamides is 1. The maximum Gasteiger partial charge on any atom is 0.243 e. The van der Waals surface area contributed by atoms with Crippen LogP contribution in [-0.4, -0.2) is 46.5 Å². The first-order chi connectivity index (χ1) is 14.5. The predicted molar refractivity (Wildman–Crippen MR) is 111 cm³/mol. The molecule has 4 rings (SSSR count). The molecule has 1 aromatic heterocycles. The Morgan fingerprint density at radius 1 is 1.03 bits per heavy atom. The van der Waals surface area contributed by atoms with Gasteiger partial charge in [-0.2, -0.15) is 9.40 Å². The fourth-order valence-corrected chi connectivity index (χ4v) is 5.03. The van der Waals surface area contributed by atoms with Crippen molar-refractivity contribution in [3.05, 3.63) is 72.8 Å². The first-order valence-electron chi connectivity index (χ1n) is 9.81. The molecule has 1 fully saturated rings. The average Bonchev–Trinajstić information content (AvgIpc) is 3.33. The molecule has 30 heavy (non-hydrogen) atoms. The lowest BCUT2D eigenvalue weighted by Crippen LogP contribution is -2.42. The number of piperidine rings is 1. The highest BCUT2D eigenvalue weighted by molar-refractivity contribution is 7.89. The van der Waals surface area contributed by atoms with Crippen molar-refractivity contribution >= 4 is 15.9 Å². The number of rotatable bonds is 6. The Labute approximate surface area is 175 Å². The van der Waals surface area contributed by atoms with Crippen LogP contribution in [-0.2, 0) is 21.4 Å². The normalized spacial score (nSPS) is 15.7. The second kappa shape index (κ2) is 8.76. The lowest BCUT2D eigenvalue weighted by atomic mass is 9.97. The van der Waals surface area contributed by atoms with E-state index in [1.54, 1.807) is 41.3 Å². The van der Waals surface area contributed by atoms with Gasteiger partial charge >= 0.3 is 0 Å². The van der Waals surface area contributed by atoms with Gasteiger partial charge in [0.1, 0.15) is 12.7 Å². The van der Waals surface area contributed by atoms with Crippen LogP contribution in [0.4, 0.5) is 0 Å². The lowest BCUT2D eigenvalue weighted by Gasteiger charge is -2.30. The second-order valence-electron chi connectivity index (χ2n) is 7.22. The maximum absolute atomic E-state index is 12.7. The van der Waals surface area contributed by atoms with Gasteiger partial charge in [0.25, 0.3) is 0 Å². The highest BCUT2D eigenvalue weighted by Gasteiger charge is 2.31. The monoisotopic (exact) mass is 425 g/mol. The van der Waals surface area contributed by atoms with Gasteiger partial charge in [-0.3, -0.25) is 4.79 Å². The Morgan fingerprint density at radius 3 is 2.37 bits per heavy atom. The molecule has 0 aliphatic carbocycles. The molecular weight excluding hydrogens is 402 g/mol. The summed E-state index contributed by atoms with van der Waals surface area (Å²) < 4.78 is 28.5. The number of nitrogens with zero attached hydrogens (tertiary/aromatic N) is 4. The molecule has 0 saturated carbocycles. The van der Waals surface area contributed by atoms with Crippen molar-refractivity contribution in [1.29, 1.82) is 0 Å². The number of amides is 1. The Balaban J connectivity index is 1.28. The van der Waals surface area contributed by atoms with Gasteiger partial charge in [-0.15, -0.1) is 0 Å². The summed E-state index contributed by atoms with van der Waals surface area (Å²) in [5, 5.41) is 7.05. The van der Waals surface area contributed by atoms with Gasteiger partial charge < -0.3 is 5.32 Å². The van der Waals surface area contributed by atoms with Gasteiger partial charge in [-0.05, 0) is 42.7 Å². The molecule has 1 aliphatic heterocycles. The number of hydrogen-bond donors (Lipinski definition) is 1. The zero-order chi connectivity index (χ0) is 21.0. The van der Waals surface area contributed by atoms with Crippen molar-refractivity contribution < 1.29 is 13.2 Å². The topological polar surface area (TPSA) is 97.2 Å². The Kier molecular flexibility index (Phi) is 5.91. The van der Waals surface area contributed by atoms with E-state index >= 15 is 0 Å². The SMILES string of the molecule is O=C(NCc1ccc(-n2cncn2)cc1)C1CCN(S(=O)(=O)c2ccccc2)CC1. The first-order valence-corrected chi connectivity index (χ1v) is 11.2. The average molecular weight is 426 g/mol. The molecular formula is C21H23N5O3S. The van der Waals surface area contributed by atoms with Crippen molar-refractivity contribution in [3.63, 3.8) is 0 Å². The molecule has 2 heterocycles. The first kappa shape index (κ1) is 20.2. The number of benzene rings is 2. The summed E-state index contributed by atoms with van der Waals surface area (Å²) in [6, 6.07) is 16.1. The minimum absolute atomic E-state index is 0.0351. The molecule has 8 nitrogen and oxygen atoms in total. The van der Waals surface area contributed by atoms with E-state index in [4.69, 9.17) is 0 Å². The van der Waals surface area contributed by atoms with Crippen molar-refractivity contribution in [2.24, 2.45) is 5.92 Å². The minimum Gasteiger partial charge on any atom is -0.352 e. The van der Waals surface area contributed by atoms with E-state index < -0.39 is 10.0 Å². The number of hydrogen-bond acceptors (Lipinski definition) is 5. The van der Waals surface area contributed by atoms with E-state index in [-0.39, 0.29) is 11.8 Å². The van der Waals surface area contributed by atoms with E-state index in [0.29, 0.717) is 37.4 Å². The fraction of sp³-hybridized carbons (Fsp3) is 0.286. The Bertz CT molecular complexity index is 1080. The second-order valence-corrected chi connectivity index (χ2v) is 9.15. The van der Waals surface area contributed by atoms with E-state index in [1.165, 1.54) is 10.6 Å². The number of nitrogens with one attached hydrogen (secondary N) is 1.